The third-order valence-electron chi connectivity index (χ3n) is 6.45. The first-order valence-electron chi connectivity index (χ1n) is 9.36. The van der Waals surface area contributed by atoms with Gasteiger partial charge in [0.1, 0.15) is 11.5 Å². The molecule has 0 aromatic heterocycles. The van der Waals surface area contributed by atoms with Crippen molar-refractivity contribution < 1.29 is 14.3 Å². The van der Waals surface area contributed by atoms with Crippen molar-refractivity contribution in [2.24, 2.45) is 23.2 Å². The van der Waals surface area contributed by atoms with Crippen LogP contribution in [0.5, 0.6) is 11.5 Å². The average molecular weight is 344 g/mol. The molecule has 0 heterocycles. The number of urea groups is 1. The molecule has 0 unspecified atom stereocenters. The monoisotopic (exact) mass is 344 g/mol. The average Bonchev–Trinajstić information content (AvgIpc) is 2.59. The Labute approximate surface area is 149 Å². The lowest BCUT2D eigenvalue weighted by atomic mass is 9.49. The van der Waals surface area contributed by atoms with Crippen molar-refractivity contribution in [3.8, 4) is 11.5 Å². The summed E-state index contributed by atoms with van der Waals surface area (Å²) in [7, 11) is 3.20. The van der Waals surface area contributed by atoms with E-state index in [0.29, 0.717) is 22.6 Å². The van der Waals surface area contributed by atoms with Crippen LogP contribution in [0, 0.1) is 23.2 Å². The summed E-state index contributed by atoms with van der Waals surface area (Å²) in [6.45, 7) is 0.792. The van der Waals surface area contributed by atoms with Crippen molar-refractivity contribution in [1.29, 1.82) is 0 Å². The first-order valence-corrected chi connectivity index (χ1v) is 9.36. The number of amides is 2. The van der Waals surface area contributed by atoms with Crippen LogP contribution in [0.25, 0.3) is 0 Å². The molecule has 0 radical (unpaired) electrons. The Morgan fingerprint density at radius 2 is 1.72 bits per heavy atom. The molecule has 2 N–H and O–H groups in total. The molecular weight excluding hydrogens is 316 g/mol. The highest BCUT2D eigenvalue weighted by Gasteiger charge is 2.50. The van der Waals surface area contributed by atoms with Crippen LogP contribution >= 0.6 is 0 Å². The number of ether oxygens (including phenoxy) is 2. The number of hydrogen-bond donors (Lipinski definition) is 2. The lowest BCUT2D eigenvalue weighted by molar-refractivity contribution is -0.0496. The van der Waals surface area contributed by atoms with Gasteiger partial charge >= 0.3 is 6.03 Å². The molecule has 4 aliphatic carbocycles. The predicted octanol–water partition coefficient (Wildman–Crippen LogP) is 4.04. The number of hydrogen-bond acceptors (Lipinski definition) is 3. The van der Waals surface area contributed by atoms with Crippen LogP contribution < -0.4 is 20.1 Å². The molecule has 1 aromatic carbocycles. The Kier molecular flexibility index (Phi) is 4.26. The van der Waals surface area contributed by atoms with Gasteiger partial charge in [-0.25, -0.2) is 4.79 Å². The number of anilines is 1. The molecule has 4 saturated carbocycles. The van der Waals surface area contributed by atoms with E-state index in [2.05, 4.69) is 10.6 Å². The van der Waals surface area contributed by atoms with Gasteiger partial charge in [-0.1, -0.05) is 0 Å². The highest BCUT2D eigenvalue weighted by Crippen LogP contribution is 2.59. The van der Waals surface area contributed by atoms with Crippen molar-refractivity contribution >= 4 is 11.7 Å². The SMILES string of the molecule is COc1ccc(NC(=O)NCC23CC4CC(CC(C4)C2)C3)c(OC)c1. The van der Waals surface area contributed by atoms with Crippen molar-refractivity contribution in [3.63, 3.8) is 0 Å². The standard InChI is InChI=1S/C20H28N2O3/c1-24-16-3-4-17(18(8-16)25-2)22-19(23)21-12-20-9-13-5-14(10-20)7-15(6-13)11-20/h3-4,8,13-15H,5-7,9-12H2,1-2H3,(H2,21,22,23). The van der Waals surface area contributed by atoms with Crippen LogP contribution in [0.3, 0.4) is 0 Å². The van der Waals surface area contributed by atoms with Gasteiger partial charge in [0, 0.05) is 12.6 Å². The van der Waals surface area contributed by atoms with Gasteiger partial charge in [0.25, 0.3) is 0 Å². The molecule has 0 saturated heterocycles. The smallest absolute Gasteiger partial charge is 0.319 e. The maximum absolute atomic E-state index is 12.4. The summed E-state index contributed by atoms with van der Waals surface area (Å²) >= 11 is 0. The number of rotatable bonds is 5. The highest BCUT2D eigenvalue weighted by atomic mass is 16.5. The molecule has 136 valence electrons. The molecule has 0 aliphatic heterocycles. The minimum atomic E-state index is -0.154. The quantitative estimate of drug-likeness (QED) is 0.847. The summed E-state index contributed by atoms with van der Waals surface area (Å²) in [4.78, 5) is 12.4. The second kappa shape index (κ2) is 6.43. The normalized spacial score (nSPS) is 32.3. The van der Waals surface area contributed by atoms with E-state index < -0.39 is 0 Å². The van der Waals surface area contributed by atoms with Crippen molar-refractivity contribution in [2.75, 3.05) is 26.1 Å². The van der Waals surface area contributed by atoms with E-state index in [1.165, 1.54) is 38.5 Å². The molecule has 0 spiro atoms. The fourth-order valence-electron chi connectivity index (χ4n) is 5.84. The Balaban J connectivity index is 1.37. The van der Waals surface area contributed by atoms with Gasteiger partial charge in [0.15, 0.2) is 0 Å². The van der Waals surface area contributed by atoms with Gasteiger partial charge in [-0.05, 0) is 73.8 Å². The van der Waals surface area contributed by atoms with Crippen molar-refractivity contribution in [1.82, 2.24) is 5.32 Å². The van der Waals surface area contributed by atoms with Gasteiger partial charge < -0.3 is 20.1 Å². The first kappa shape index (κ1) is 16.6. The van der Waals surface area contributed by atoms with E-state index >= 15 is 0 Å². The number of carbonyl (C=O) groups is 1. The number of methoxy groups -OCH3 is 2. The lowest BCUT2D eigenvalue weighted by Crippen LogP contribution is -2.51. The van der Waals surface area contributed by atoms with E-state index in [9.17, 15) is 4.79 Å². The molecule has 4 fully saturated rings. The molecule has 25 heavy (non-hydrogen) atoms. The molecule has 5 nitrogen and oxygen atoms in total. The second-order valence-electron chi connectivity index (χ2n) is 8.29. The summed E-state index contributed by atoms with van der Waals surface area (Å²) in [6.07, 6.45) is 8.17. The third kappa shape index (κ3) is 3.29. The number of nitrogens with one attached hydrogen (secondary N) is 2. The summed E-state index contributed by atoms with van der Waals surface area (Å²) in [6, 6.07) is 5.24. The minimum absolute atomic E-state index is 0.154. The molecule has 1 aromatic rings. The van der Waals surface area contributed by atoms with Crippen molar-refractivity contribution in [3.05, 3.63) is 18.2 Å². The van der Waals surface area contributed by atoms with Crippen LogP contribution in [-0.2, 0) is 0 Å². The van der Waals surface area contributed by atoms with Gasteiger partial charge in [-0.2, -0.15) is 0 Å². The number of carbonyl (C=O) groups excluding carboxylic acids is 1. The van der Waals surface area contributed by atoms with Crippen LogP contribution in [0.1, 0.15) is 38.5 Å². The van der Waals surface area contributed by atoms with Crippen LogP contribution in [0.4, 0.5) is 10.5 Å². The molecule has 4 bridgehead atoms. The fraction of sp³-hybridized carbons (Fsp3) is 0.650. The zero-order chi connectivity index (χ0) is 17.4. The summed E-state index contributed by atoms with van der Waals surface area (Å²) in [5.41, 5.74) is 1.00. The summed E-state index contributed by atoms with van der Waals surface area (Å²) in [5.74, 6) is 4.01. The van der Waals surface area contributed by atoms with E-state index in [4.69, 9.17) is 9.47 Å². The molecular formula is C20H28N2O3. The Morgan fingerprint density at radius 3 is 2.28 bits per heavy atom. The number of benzene rings is 1. The highest BCUT2D eigenvalue weighted by molar-refractivity contribution is 5.91. The van der Waals surface area contributed by atoms with Crippen LogP contribution in [0.15, 0.2) is 18.2 Å². The maximum atomic E-state index is 12.4. The second-order valence-corrected chi connectivity index (χ2v) is 8.29. The molecule has 5 rings (SSSR count). The van der Waals surface area contributed by atoms with E-state index in [-0.39, 0.29) is 6.03 Å². The van der Waals surface area contributed by atoms with E-state index in [1.807, 2.05) is 12.1 Å². The van der Waals surface area contributed by atoms with Gasteiger partial charge in [-0.15, -0.1) is 0 Å². The molecule has 5 heteroatoms. The van der Waals surface area contributed by atoms with E-state index in [1.54, 1.807) is 20.3 Å². The third-order valence-corrected chi connectivity index (χ3v) is 6.45. The zero-order valence-electron chi connectivity index (χ0n) is 15.1. The van der Waals surface area contributed by atoms with Gasteiger partial charge in [0.2, 0.25) is 0 Å². The van der Waals surface area contributed by atoms with Crippen LogP contribution in [0.2, 0.25) is 0 Å². The Bertz CT molecular complexity index is 623. The minimum Gasteiger partial charge on any atom is -0.497 e. The summed E-state index contributed by atoms with van der Waals surface area (Å²) in [5, 5.41) is 6.05. The van der Waals surface area contributed by atoms with E-state index in [0.717, 1.165) is 24.3 Å². The first-order chi connectivity index (χ1) is 12.1. The maximum Gasteiger partial charge on any atom is 0.319 e. The lowest BCUT2D eigenvalue weighted by Gasteiger charge is -2.56. The molecule has 2 amide bonds. The van der Waals surface area contributed by atoms with Gasteiger partial charge in [0.05, 0.1) is 19.9 Å². The largest absolute Gasteiger partial charge is 0.497 e. The Morgan fingerprint density at radius 1 is 1.08 bits per heavy atom. The van der Waals surface area contributed by atoms with Crippen LogP contribution in [-0.4, -0.2) is 26.8 Å². The zero-order valence-corrected chi connectivity index (χ0v) is 15.1. The topological polar surface area (TPSA) is 59.6 Å². The molecule has 0 atom stereocenters. The summed E-state index contributed by atoms with van der Waals surface area (Å²) < 4.78 is 10.5. The predicted molar refractivity (Wildman–Crippen MR) is 97.2 cm³/mol. The van der Waals surface area contributed by atoms with Gasteiger partial charge in [-0.3, -0.25) is 0 Å². The van der Waals surface area contributed by atoms with Crippen molar-refractivity contribution in [2.45, 2.75) is 38.5 Å². The Hall–Kier alpha value is -1.91. The molecule has 4 aliphatic rings. The fourth-order valence-corrected chi connectivity index (χ4v) is 5.84.